The Morgan fingerprint density at radius 3 is 2.10 bits per heavy atom. The molecule has 1 heterocycles. The molecule has 0 aromatic carbocycles. The van der Waals surface area contributed by atoms with Gasteiger partial charge in [-0.1, -0.05) is 0 Å². The number of nitrogens with two attached hydrogens (primary N) is 1. The van der Waals surface area contributed by atoms with Gasteiger partial charge in [-0.3, -0.25) is 4.98 Å². The smallest absolute Gasteiger partial charge is 0.105 e. The lowest BCUT2D eigenvalue weighted by atomic mass is 9.48. The maximum atomic E-state index is 11.4. The molecule has 4 fully saturated rings. The van der Waals surface area contributed by atoms with E-state index in [9.17, 15) is 5.11 Å². The summed E-state index contributed by atoms with van der Waals surface area (Å²) in [5.41, 5.74) is 6.16. The largest absolute Gasteiger partial charge is 0.384 e. The number of hydrogen-bond acceptors (Lipinski definition) is 3. The highest BCUT2D eigenvalue weighted by Gasteiger charge is 2.55. The van der Waals surface area contributed by atoms with Crippen LogP contribution in [0.5, 0.6) is 0 Å². The highest BCUT2D eigenvalue weighted by atomic mass is 16.3. The molecule has 3 heteroatoms. The SMILES string of the molecule is NCC(O)(c1ccncc1)C1C2CC3CC(C2)CC1C3. The topological polar surface area (TPSA) is 59.1 Å². The summed E-state index contributed by atoms with van der Waals surface area (Å²) in [6.45, 7) is 0.323. The normalized spacial score (nSPS) is 41.6. The molecule has 4 saturated carbocycles. The van der Waals surface area contributed by atoms with E-state index in [1.807, 2.05) is 12.1 Å². The zero-order chi connectivity index (χ0) is 13.7. The predicted octanol–water partition coefficient (Wildman–Crippen LogP) is 2.30. The molecule has 0 spiro atoms. The Bertz CT molecular complexity index is 461. The minimum Gasteiger partial charge on any atom is -0.384 e. The van der Waals surface area contributed by atoms with Crippen LogP contribution >= 0.6 is 0 Å². The van der Waals surface area contributed by atoms with Crippen molar-refractivity contribution in [1.82, 2.24) is 4.98 Å². The van der Waals surface area contributed by atoms with Crippen LogP contribution in [0.2, 0.25) is 0 Å². The van der Waals surface area contributed by atoms with Crippen molar-refractivity contribution in [2.24, 2.45) is 35.3 Å². The zero-order valence-corrected chi connectivity index (χ0v) is 11.9. The quantitative estimate of drug-likeness (QED) is 0.887. The van der Waals surface area contributed by atoms with Gasteiger partial charge in [0.2, 0.25) is 0 Å². The standard InChI is InChI=1S/C17H24N2O/c18-10-17(20,15-1-3-19-4-2-15)16-13-6-11-5-12(8-13)9-14(16)7-11/h1-4,11-14,16,20H,5-10,18H2. The molecule has 3 nitrogen and oxygen atoms in total. The maximum absolute atomic E-state index is 11.4. The van der Waals surface area contributed by atoms with Crippen molar-refractivity contribution in [3.05, 3.63) is 30.1 Å². The molecule has 20 heavy (non-hydrogen) atoms. The molecule has 0 aliphatic heterocycles. The number of aromatic nitrogens is 1. The second kappa shape index (κ2) is 4.54. The third-order valence-electron chi connectivity index (χ3n) is 6.27. The minimum absolute atomic E-state index is 0.323. The van der Waals surface area contributed by atoms with Crippen molar-refractivity contribution in [3.63, 3.8) is 0 Å². The van der Waals surface area contributed by atoms with Crippen LogP contribution in [0.15, 0.2) is 24.5 Å². The van der Waals surface area contributed by atoms with Gasteiger partial charge in [0.15, 0.2) is 0 Å². The third kappa shape index (κ3) is 1.76. The number of pyridine rings is 1. The summed E-state index contributed by atoms with van der Waals surface area (Å²) in [6, 6.07) is 3.88. The van der Waals surface area contributed by atoms with Gasteiger partial charge < -0.3 is 10.8 Å². The monoisotopic (exact) mass is 272 g/mol. The Labute approximate surface area is 120 Å². The number of hydrogen-bond donors (Lipinski definition) is 2. The molecule has 4 bridgehead atoms. The molecule has 4 aliphatic rings. The van der Waals surface area contributed by atoms with Crippen LogP contribution < -0.4 is 5.73 Å². The summed E-state index contributed by atoms with van der Waals surface area (Å²) in [4.78, 5) is 4.08. The average Bonchev–Trinajstić information content (AvgIpc) is 2.46. The van der Waals surface area contributed by atoms with Gasteiger partial charge in [-0.15, -0.1) is 0 Å². The van der Waals surface area contributed by atoms with Gasteiger partial charge in [0, 0.05) is 18.9 Å². The second-order valence-electron chi connectivity index (χ2n) is 7.32. The van der Waals surface area contributed by atoms with Crippen molar-refractivity contribution < 1.29 is 5.11 Å². The van der Waals surface area contributed by atoms with Crippen LogP contribution in [0, 0.1) is 29.6 Å². The van der Waals surface area contributed by atoms with Crippen LogP contribution in [-0.2, 0) is 5.60 Å². The first-order valence-electron chi connectivity index (χ1n) is 8.03. The molecular formula is C17H24N2O. The number of aliphatic hydroxyl groups is 1. The number of rotatable bonds is 3. The van der Waals surface area contributed by atoms with Crippen LogP contribution in [0.3, 0.4) is 0 Å². The highest BCUT2D eigenvalue weighted by Crippen LogP contribution is 2.60. The summed E-state index contributed by atoms with van der Waals surface area (Å²) in [5.74, 6) is 3.55. The molecule has 0 radical (unpaired) electrons. The lowest BCUT2D eigenvalue weighted by Gasteiger charge is -2.58. The van der Waals surface area contributed by atoms with Gasteiger partial charge in [-0.2, -0.15) is 0 Å². The summed E-state index contributed by atoms with van der Waals surface area (Å²) in [5, 5.41) is 11.4. The van der Waals surface area contributed by atoms with E-state index < -0.39 is 5.60 Å². The van der Waals surface area contributed by atoms with Crippen molar-refractivity contribution in [2.45, 2.75) is 37.7 Å². The van der Waals surface area contributed by atoms with E-state index in [1.54, 1.807) is 12.4 Å². The lowest BCUT2D eigenvalue weighted by molar-refractivity contribution is -0.143. The van der Waals surface area contributed by atoms with Crippen molar-refractivity contribution in [3.8, 4) is 0 Å². The van der Waals surface area contributed by atoms with Crippen molar-refractivity contribution in [1.29, 1.82) is 0 Å². The van der Waals surface area contributed by atoms with Gasteiger partial charge in [-0.05, 0) is 79.4 Å². The first-order valence-corrected chi connectivity index (χ1v) is 8.03. The molecular weight excluding hydrogens is 248 g/mol. The fraction of sp³-hybridized carbons (Fsp3) is 0.706. The van der Waals surface area contributed by atoms with Crippen LogP contribution in [0.25, 0.3) is 0 Å². The minimum atomic E-state index is -0.856. The Morgan fingerprint density at radius 2 is 1.60 bits per heavy atom. The van der Waals surface area contributed by atoms with Gasteiger partial charge in [0.25, 0.3) is 0 Å². The Hall–Kier alpha value is -0.930. The average molecular weight is 272 g/mol. The molecule has 1 aromatic rings. The molecule has 108 valence electrons. The van der Waals surface area contributed by atoms with Crippen LogP contribution in [-0.4, -0.2) is 16.6 Å². The van der Waals surface area contributed by atoms with Crippen LogP contribution in [0.4, 0.5) is 0 Å². The number of nitrogens with zero attached hydrogens (tertiary/aromatic N) is 1. The molecule has 5 rings (SSSR count). The van der Waals surface area contributed by atoms with E-state index in [1.165, 1.54) is 32.1 Å². The Kier molecular flexibility index (Phi) is 2.90. The molecule has 0 amide bonds. The summed E-state index contributed by atoms with van der Waals surface area (Å²) >= 11 is 0. The predicted molar refractivity (Wildman–Crippen MR) is 77.7 cm³/mol. The first-order chi connectivity index (χ1) is 9.70. The van der Waals surface area contributed by atoms with E-state index in [4.69, 9.17) is 5.73 Å². The van der Waals surface area contributed by atoms with Gasteiger partial charge in [-0.25, -0.2) is 0 Å². The zero-order valence-electron chi connectivity index (χ0n) is 11.9. The molecule has 1 aromatic heterocycles. The molecule has 1 atom stereocenters. The molecule has 3 N–H and O–H groups in total. The summed E-state index contributed by atoms with van der Waals surface area (Å²) < 4.78 is 0. The van der Waals surface area contributed by atoms with E-state index in [0.717, 1.165) is 17.4 Å². The van der Waals surface area contributed by atoms with E-state index >= 15 is 0 Å². The van der Waals surface area contributed by atoms with Gasteiger partial charge in [0.1, 0.15) is 5.60 Å². The molecule has 1 unspecified atom stereocenters. The van der Waals surface area contributed by atoms with Gasteiger partial charge in [0.05, 0.1) is 0 Å². The van der Waals surface area contributed by atoms with Crippen molar-refractivity contribution in [2.75, 3.05) is 6.54 Å². The first kappa shape index (κ1) is 12.8. The lowest BCUT2D eigenvalue weighted by Crippen LogP contribution is -2.56. The highest BCUT2D eigenvalue weighted by molar-refractivity contribution is 5.23. The Balaban J connectivity index is 1.71. The second-order valence-corrected chi connectivity index (χ2v) is 7.32. The molecule has 4 aliphatic carbocycles. The molecule has 0 saturated heterocycles. The van der Waals surface area contributed by atoms with Crippen LogP contribution in [0.1, 0.15) is 37.7 Å². The maximum Gasteiger partial charge on any atom is 0.105 e. The van der Waals surface area contributed by atoms with E-state index in [-0.39, 0.29) is 0 Å². The fourth-order valence-electron chi connectivity index (χ4n) is 5.79. The van der Waals surface area contributed by atoms with Crippen molar-refractivity contribution >= 4 is 0 Å². The third-order valence-corrected chi connectivity index (χ3v) is 6.27. The summed E-state index contributed by atoms with van der Waals surface area (Å²) in [7, 11) is 0. The van der Waals surface area contributed by atoms with E-state index in [0.29, 0.717) is 24.3 Å². The van der Waals surface area contributed by atoms with E-state index in [2.05, 4.69) is 4.98 Å². The summed E-state index contributed by atoms with van der Waals surface area (Å²) in [6.07, 6.45) is 10.2. The van der Waals surface area contributed by atoms with Gasteiger partial charge >= 0.3 is 0 Å². The Morgan fingerprint density at radius 1 is 1.05 bits per heavy atom. The fourth-order valence-corrected chi connectivity index (χ4v) is 5.79.